The van der Waals surface area contributed by atoms with E-state index in [2.05, 4.69) is 17.3 Å². The van der Waals surface area contributed by atoms with E-state index in [9.17, 15) is 9.59 Å². The van der Waals surface area contributed by atoms with Gasteiger partial charge in [0.25, 0.3) is 0 Å². The van der Waals surface area contributed by atoms with Crippen molar-refractivity contribution in [1.29, 1.82) is 0 Å². The molecule has 0 aromatic heterocycles. The van der Waals surface area contributed by atoms with Crippen molar-refractivity contribution in [3.05, 3.63) is 0 Å². The molecule has 0 spiro atoms. The van der Waals surface area contributed by atoms with E-state index in [-0.39, 0.29) is 18.6 Å². The summed E-state index contributed by atoms with van der Waals surface area (Å²) in [6.45, 7) is 2.72. The Kier molecular flexibility index (Phi) is 5.23. The molecule has 0 atom stereocenters. The zero-order valence-corrected chi connectivity index (χ0v) is 12.2. The van der Waals surface area contributed by atoms with Crippen molar-refractivity contribution in [1.82, 2.24) is 15.1 Å². The number of amides is 2. The molecule has 2 fully saturated rings. The van der Waals surface area contributed by atoms with Crippen LogP contribution in [0.4, 0.5) is 4.79 Å². The van der Waals surface area contributed by atoms with Gasteiger partial charge < -0.3 is 20.2 Å². The molecule has 2 N–H and O–H groups in total. The molecule has 2 amide bonds. The predicted molar refractivity (Wildman–Crippen MR) is 75.6 cm³/mol. The largest absolute Gasteiger partial charge is 0.480 e. The molecule has 1 aliphatic heterocycles. The highest BCUT2D eigenvalue weighted by atomic mass is 16.4. The number of carbonyl (C=O) groups excluding carboxylic acids is 1. The molecule has 1 saturated heterocycles. The van der Waals surface area contributed by atoms with Crippen LogP contribution in [0.25, 0.3) is 0 Å². The zero-order valence-electron chi connectivity index (χ0n) is 12.2. The number of piperidine rings is 1. The van der Waals surface area contributed by atoms with Gasteiger partial charge in [0, 0.05) is 12.6 Å². The molecule has 114 valence electrons. The van der Waals surface area contributed by atoms with E-state index in [0.29, 0.717) is 12.5 Å². The minimum Gasteiger partial charge on any atom is -0.480 e. The van der Waals surface area contributed by atoms with Gasteiger partial charge in [-0.25, -0.2) is 4.79 Å². The highest BCUT2D eigenvalue weighted by molar-refractivity contribution is 5.80. The Labute approximate surface area is 120 Å². The second-order valence-electron chi connectivity index (χ2n) is 6.02. The minimum absolute atomic E-state index is 0.134. The molecule has 1 aliphatic carbocycles. The predicted octanol–water partition coefficient (Wildman–Crippen LogP) is 0.977. The molecule has 6 nitrogen and oxygen atoms in total. The average Bonchev–Trinajstić information content (AvgIpc) is 3.22. The average molecular weight is 283 g/mol. The summed E-state index contributed by atoms with van der Waals surface area (Å²) in [5, 5.41) is 11.7. The standard InChI is InChI=1S/C14H25N3O3/c1-16-8-5-11(6-9-16)4-7-15-14(20)17(10-13(18)19)12-2-3-12/h11-12H,2-10H2,1H3,(H,15,20)(H,18,19). The fourth-order valence-electron chi connectivity index (χ4n) is 2.73. The van der Waals surface area contributed by atoms with E-state index in [1.165, 1.54) is 17.7 Å². The first-order valence-corrected chi connectivity index (χ1v) is 7.51. The summed E-state index contributed by atoms with van der Waals surface area (Å²) in [6, 6.07) is -0.0859. The molecule has 1 heterocycles. The maximum absolute atomic E-state index is 12.0. The number of carboxylic acid groups (broad SMARTS) is 1. The van der Waals surface area contributed by atoms with Crippen LogP contribution in [0.2, 0.25) is 0 Å². The van der Waals surface area contributed by atoms with Gasteiger partial charge in [0.05, 0.1) is 0 Å². The summed E-state index contributed by atoms with van der Waals surface area (Å²) >= 11 is 0. The number of carboxylic acids is 1. The summed E-state index contributed by atoms with van der Waals surface area (Å²) in [4.78, 5) is 26.6. The number of hydrogen-bond acceptors (Lipinski definition) is 3. The van der Waals surface area contributed by atoms with Gasteiger partial charge in [-0.1, -0.05) is 0 Å². The van der Waals surface area contributed by atoms with Gasteiger partial charge >= 0.3 is 12.0 Å². The van der Waals surface area contributed by atoms with Crippen LogP contribution >= 0.6 is 0 Å². The monoisotopic (exact) mass is 283 g/mol. The highest BCUT2D eigenvalue weighted by Crippen LogP contribution is 2.26. The van der Waals surface area contributed by atoms with Crippen molar-refractivity contribution in [3.8, 4) is 0 Å². The van der Waals surface area contributed by atoms with Gasteiger partial charge in [-0.2, -0.15) is 0 Å². The Balaban J connectivity index is 1.67. The lowest BCUT2D eigenvalue weighted by Crippen LogP contribution is -2.44. The molecule has 2 rings (SSSR count). The molecule has 0 unspecified atom stereocenters. The molecule has 6 heteroatoms. The van der Waals surface area contributed by atoms with Crippen LogP contribution in [-0.2, 0) is 4.79 Å². The normalized spacial score (nSPS) is 20.6. The first-order valence-electron chi connectivity index (χ1n) is 7.51. The number of hydrogen-bond donors (Lipinski definition) is 2. The van der Waals surface area contributed by atoms with E-state index < -0.39 is 5.97 Å². The fraction of sp³-hybridized carbons (Fsp3) is 0.857. The Hall–Kier alpha value is -1.30. The Morgan fingerprint density at radius 1 is 1.25 bits per heavy atom. The van der Waals surface area contributed by atoms with Crippen LogP contribution in [0, 0.1) is 5.92 Å². The minimum atomic E-state index is -0.942. The highest BCUT2D eigenvalue weighted by Gasteiger charge is 2.33. The molecule has 20 heavy (non-hydrogen) atoms. The van der Waals surface area contributed by atoms with Crippen molar-refractivity contribution in [2.24, 2.45) is 5.92 Å². The number of likely N-dealkylation sites (tertiary alicyclic amines) is 1. The van der Waals surface area contributed by atoms with Gasteiger partial charge in [0.2, 0.25) is 0 Å². The second-order valence-corrected chi connectivity index (χ2v) is 6.02. The Bertz CT molecular complexity index is 350. The van der Waals surface area contributed by atoms with Gasteiger partial charge in [0.15, 0.2) is 0 Å². The van der Waals surface area contributed by atoms with Crippen molar-refractivity contribution >= 4 is 12.0 Å². The first kappa shape index (κ1) is 15.1. The van der Waals surface area contributed by atoms with E-state index in [4.69, 9.17) is 5.11 Å². The number of rotatable bonds is 6. The number of urea groups is 1. The molecular weight excluding hydrogens is 258 g/mol. The summed E-state index contributed by atoms with van der Waals surface area (Å²) in [7, 11) is 2.14. The Morgan fingerprint density at radius 3 is 2.45 bits per heavy atom. The maximum Gasteiger partial charge on any atom is 0.323 e. The van der Waals surface area contributed by atoms with Gasteiger partial charge in [-0.05, 0) is 58.2 Å². The number of nitrogens with one attached hydrogen (secondary N) is 1. The molecule has 0 aromatic carbocycles. The lowest BCUT2D eigenvalue weighted by molar-refractivity contribution is -0.137. The topological polar surface area (TPSA) is 72.9 Å². The van der Waals surface area contributed by atoms with Gasteiger partial charge in [-0.15, -0.1) is 0 Å². The summed E-state index contributed by atoms with van der Waals surface area (Å²) in [6.07, 6.45) is 5.22. The van der Waals surface area contributed by atoms with Gasteiger partial charge in [0.1, 0.15) is 6.54 Å². The van der Waals surface area contributed by atoms with E-state index in [1.54, 1.807) is 0 Å². The van der Waals surface area contributed by atoms with Crippen molar-refractivity contribution in [2.75, 3.05) is 33.2 Å². The second kappa shape index (κ2) is 6.92. The maximum atomic E-state index is 12.0. The van der Waals surface area contributed by atoms with E-state index in [0.717, 1.165) is 32.4 Å². The molecule has 0 bridgehead atoms. The first-order chi connectivity index (χ1) is 9.56. The van der Waals surface area contributed by atoms with Crippen molar-refractivity contribution in [2.45, 2.75) is 38.1 Å². The molecule has 0 radical (unpaired) electrons. The SMILES string of the molecule is CN1CCC(CCNC(=O)N(CC(=O)O)C2CC2)CC1. The van der Waals surface area contributed by atoms with E-state index >= 15 is 0 Å². The number of nitrogens with zero attached hydrogens (tertiary/aromatic N) is 2. The Morgan fingerprint density at radius 2 is 1.90 bits per heavy atom. The van der Waals surface area contributed by atoms with Crippen molar-refractivity contribution in [3.63, 3.8) is 0 Å². The molecule has 2 aliphatic rings. The molecular formula is C14H25N3O3. The van der Waals surface area contributed by atoms with Crippen molar-refractivity contribution < 1.29 is 14.7 Å². The van der Waals surface area contributed by atoms with Crippen LogP contribution in [0.15, 0.2) is 0 Å². The smallest absolute Gasteiger partial charge is 0.323 e. The summed E-state index contributed by atoms with van der Waals surface area (Å²) in [5.41, 5.74) is 0. The van der Waals surface area contributed by atoms with E-state index in [1.807, 2.05) is 0 Å². The van der Waals surface area contributed by atoms with Crippen LogP contribution < -0.4 is 5.32 Å². The third-order valence-corrected chi connectivity index (χ3v) is 4.22. The zero-order chi connectivity index (χ0) is 14.5. The van der Waals surface area contributed by atoms with Crippen LogP contribution in [0.3, 0.4) is 0 Å². The molecule has 1 saturated carbocycles. The van der Waals surface area contributed by atoms with Crippen LogP contribution in [0.5, 0.6) is 0 Å². The summed E-state index contributed by atoms with van der Waals surface area (Å²) < 4.78 is 0. The number of carbonyl (C=O) groups is 2. The summed E-state index contributed by atoms with van der Waals surface area (Å²) in [5.74, 6) is -0.261. The quantitative estimate of drug-likeness (QED) is 0.762. The van der Waals surface area contributed by atoms with Gasteiger partial charge in [-0.3, -0.25) is 4.79 Å². The fourth-order valence-corrected chi connectivity index (χ4v) is 2.73. The van der Waals surface area contributed by atoms with Crippen LogP contribution in [0.1, 0.15) is 32.1 Å². The lowest BCUT2D eigenvalue weighted by Gasteiger charge is -2.29. The lowest BCUT2D eigenvalue weighted by atomic mass is 9.94. The third kappa shape index (κ3) is 4.67. The van der Waals surface area contributed by atoms with Crippen LogP contribution in [-0.4, -0.2) is 66.2 Å². The number of aliphatic carboxylic acids is 1. The molecule has 0 aromatic rings. The third-order valence-electron chi connectivity index (χ3n) is 4.22.